The van der Waals surface area contributed by atoms with E-state index < -0.39 is 0 Å². The standard InChI is InChI=1S/C15H20N2O3/c18-13-5-2-1-4-11(13)10-15(20)16-9-3-6-14(19)17-12-7-8-12/h1-2,4-5,12,18H,3,6-10H2,(H,16,20)(H,17,19). The van der Waals surface area contributed by atoms with Crippen LogP contribution in [0.4, 0.5) is 0 Å². The van der Waals surface area contributed by atoms with Gasteiger partial charge in [0, 0.05) is 24.6 Å². The van der Waals surface area contributed by atoms with Crippen molar-refractivity contribution in [1.29, 1.82) is 0 Å². The van der Waals surface area contributed by atoms with Crippen molar-refractivity contribution in [1.82, 2.24) is 10.6 Å². The van der Waals surface area contributed by atoms with Crippen LogP contribution in [0, 0.1) is 0 Å². The Balaban J connectivity index is 1.60. The Hall–Kier alpha value is -2.04. The van der Waals surface area contributed by atoms with Gasteiger partial charge in [-0.1, -0.05) is 18.2 Å². The Labute approximate surface area is 118 Å². The second-order valence-corrected chi connectivity index (χ2v) is 5.10. The first-order chi connectivity index (χ1) is 9.65. The van der Waals surface area contributed by atoms with Gasteiger partial charge >= 0.3 is 0 Å². The van der Waals surface area contributed by atoms with Crippen LogP contribution in [0.5, 0.6) is 5.75 Å². The van der Waals surface area contributed by atoms with Crippen molar-refractivity contribution in [3.63, 3.8) is 0 Å². The van der Waals surface area contributed by atoms with Crippen LogP contribution < -0.4 is 10.6 Å². The Bertz CT molecular complexity index is 484. The summed E-state index contributed by atoms with van der Waals surface area (Å²) in [5, 5.41) is 15.2. The van der Waals surface area contributed by atoms with Gasteiger partial charge in [0.05, 0.1) is 6.42 Å². The van der Waals surface area contributed by atoms with Crippen molar-refractivity contribution in [2.24, 2.45) is 0 Å². The molecule has 1 fully saturated rings. The van der Waals surface area contributed by atoms with E-state index >= 15 is 0 Å². The molecule has 1 aliphatic carbocycles. The number of hydrogen-bond donors (Lipinski definition) is 3. The van der Waals surface area contributed by atoms with Gasteiger partial charge in [-0.15, -0.1) is 0 Å². The summed E-state index contributed by atoms with van der Waals surface area (Å²) in [6, 6.07) is 7.17. The molecule has 0 aromatic heterocycles. The lowest BCUT2D eigenvalue weighted by Crippen LogP contribution is -2.29. The van der Waals surface area contributed by atoms with Gasteiger partial charge in [0.15, 0.2) is 0 Å². The van der Waals surface area contributed by atoms with Crippen LogP contribution in [-0.4, -0.2) is 29.5 Å². The van der Waals surface area contributed by atoms with Crippen molar-refractivity contribution in [2.75, 3.05) is 6.54 Å². The summed E-state index contributed by atoms with van der Waals surface area (Å²) < 4.78 is 0. The second kappa shape index (κ2) is 6.93. The predicted molar refractivity (Wildman–Crippen MR) is 75.2 cm³/mol. The van der Waals surface area contributed by atoms with E-state index in [0.717, 1.165) is 12.8 Å². The predicted octanol–water partition coefficient (Wildman–Crippen LogP) is 1.11. The van der Waals surface area contributed by atoms with Crippen LogP contribution in [0.3, 0.4) is 0 Å². The van der Waals surface area contributed by atoms with E-state index in [1.807, 2.05) is 0 Å². The summed E-state index contributed by atoms with van der Waals surface area (Å²) in [5.74, 6) is 0.0445. The molecule has 0 unspecified atom stereocenters. The fourth-order valence-corrected chi connectivity index (χ4v) is 1.90. The average molecular weight is 276 g/mol. The Kier molecular flexibility index (Phi) is 4.98. The molecule has 20 heavy (non-hydrogen) atoms. The normalized spacial score (nSPS) is 13.8. The highest BCUT2D eigenvalue weighted by Crippen LogP contribution is 2.18. The molecular formula is C15H20N2O3. The zero-order chi connectivity index (χ0) is 14.4. The lowest BCUT2D eigenvalue weighted by atomic mass is 10.1. The van der Waals surface area contributed by atoms with Crippen LogP contribution in [0.25, 0.3) is 0 Å². The maximum Gasteiger partial charge on any atom is 0.224 e. The van der Waals surface area contributed by atoms with Crippen LogP contribution in [0.2, 0.25) is 0 Å². The first-order valence-electron chi connectivity index (χ1n) is 6.98. The average Bonchev–Trinajstić information content (AvgIpc) is 3.21. The van der Waals surface area contributed by atoms with Crippen molar-refractivity contribution >= 4 is 11.8 Å². The minimum absolute atomic E-state index is 0.0578. The second-order valence-electron chi connectivity index (χ2n) is 5.10. The van der Waals surface area contributed by atoms with E-state index in [9.17, 15) is 14.7 Å². The van der Waals surface area contributed by atoms with Crippen LogP contribution >= 0.6 is 0 Å². The minimum atomic E-state index is -0.144. The number of benzene rings is 1. The van der Waals surface area contributed by atoms with Gasteiger partial charge < -0.3 is 15.7 Å². The van der Waals surface area contributed by atoms with Crippen LogP contribution in [0.1, 0.15) is 31.2 Å². The van der Waals surface area contributed by atoms with Gasteiger partial charge in [-0.05, 0) is 25.3 Å². The number of carbonyl (C=O) groups is 2. The highest BCUT2D eigenvalue weighted by molar-refractivity contribution is 5.79. The molecule has 1 aliphatic rings. The molecule has 0 atom stereocenters. The molecular weight excluding hydrogens is 256 g/mol. The summed E-state index contributed by atoms with van der Waals surface area (Å²) >= 11 is 0. The van der Waals surface area contributed by atoms with Crippen molar-refractivity contribution < 1.29 is 14.7 Å². The van der Waals surface area contributed by atoms with Crippen LogP contribution in [0.15, 0.2) is 24.3 Å². The maximum absolute atomic E-state index is 11.7. The van der Waals surface area contributed by atoms with Crippen LogP contribution in [-0.2, 0) is 16.0 Å². The van der Waals surface area contributed by atoms with Gasteiger partial charge in [-0.3, -0.25) is 9.59 Å². The number of para-hydroxylation sites is 1. The largest absolute Gasteiger partial charge is 0.508 e. The summed E-state index contributed by atoms with van der Waals surface area (Å²) in [4.78, 5) is 23.1. The lowest BCUT2D eigenvalue weighted by molar-refractivity contribution is -0.122. The molecule has 0 radical (unpaired) electrons. The Morgan fingerprint density at radius 2 is 1.95 bits per heavy atom. The van der Waals surface area contributed by atoms with Crippen molar-refractivity contribution in [3.05, 3.63) is 29.8 Å². The first-order valence-corrected chi connectivity index (χ1v) is 6.98. The molecule has 0 saturated heterocycles. The van der Waals surface area contributed by atoms with Gasteiger partial charge in [0.2, 0.25) is 11.8 Å². The molecule has 5 heteroatoms. The molecule has 2 amide bonds. The number of phenols is 1. The highest BCUT2D eigenvalue weighted by atomic mass is 16.3. The molecule has 2 rings (SSSR count). The minimum Gasteiger partial charge on any atom is -0.508 e. The van der Waals surface area contributed by atoms with Crippen molar-refractivity contribution in [2.45, 2.75) is 38.1 Å². The molecule has 5 nitrogen and oxygen atoms in total. The first kappa shape index (κ1) is 14.4. The quantitative estimate of drug-likeness (QED) is 0.653. The third-order valence-electron chi connectivity index (χ3n) is 3.19. The molecule has 1 aromatic rings. The number of aromatic hydroxyl groups is 1. The number of hydrogen-bond acceptors (Lipinski definition) is 3. The topological polar surface area (TPSA) is 78.4 Å². The molecule has 108 valence electrons. The number of phenolic OH excluding ortho intramolecular Hbond substituents is 1. The van der Waals surface area contributed by atoms with E-state index in [4.69, 9.17) is 0 Å². The Morgan fingerprint density at radius 3 is 2.65 bits per heavy atom. The Morgan fingerprint density at radius 1 is 1.20 bits per heavy atom. The molecule has 0 spiro atoms. The number of nitrogens with one attached hydrogen (secondary N) is 2. The number of amides is 2. The zero-order valence-corrected chi connectivity index (χ0v) is 11.4. The smallest absolute Gasteiger partial charge is 0.224 e. The third kappa shape index (κ3) is 4.91. The molecule has 3 N–H and O–H groups in total. The van der Waals surface area contributed by atoms with E-state index in [2.05, 4.69) is 10.6 Å². The molecule has 0 bridgehead atoms. The summed E-state index contributed by atoms with van der Waals surface area (Å²) in [6.07, 6.45) is 3.39. The van der Waals surface area contributed by atoms with E-state index in [1.165, 1.54) is 0 Å². The van der Waals surface area contributed by atoms with Gasteiger partial charge in [-0.2, -0.15) is 0 Å². The highest BCUT2D eigenvalue weighted by Gasteiger charge is 2.22. The summed E-state index contributed by atoms with van der Waals surface area (Å²) in [6.45, 7) is 0.477. The van der Waals surface area contributed by atoms with Gasteiger partial charge in [0.25, 0.3) is 0 Å². The van der Waals surface area contributed by atoms with Gasteiger partial charge in [0.1, 0.15) is 5.75 Å². The fraction of sp³-hybridized carbons (Fsp3) is 0.467. The lowest BCUT2D eigenvalue weighted by Gasteiger charge is -2.07. The van der Waals surface area contributed by atoms with Crippen molar-refractivity contribution in [3.8, 4) is 5.75 Å². The molecule has 1 aromatic carbocycles. The maximum atomic E-state index is 11.7. The number of rotatable bonds is 7. The molecule has 1 saturated carbocycles. The van der Waals surface area contributed by atoms with E-state index in [1.54, 1.807) is 24.3 Å². The summed E-state index contributed by atoms with van der Waals surface area (Å²) in [7, 11) is 0. The number of carbonyl (C=O) groups excluding carboxylic acids is 2. The monoisotopic (exact) mass is 276 g/mol. The zero-order valence-electron chi connectivity index (χ0n) is 11.4. The molecule has 0 heterocycles. The van der Waals surface area contributed by atoms with E-state index in [0.29, 0.717) is 31.0 Å². The third-order valence-corrected chi connectivity index (χ3v) is 3.19. The van der Waals surface area contributed by atoms with E-state index in [-0.39, 0.29) is 24.0 Å². The van der Waals surface area contributed by atoms with Gasteiger partial charge in [-0.25, -0.2) is 0 Å². The SMILES string of the molecule is O=C(Cc1ccccc1O)NCCCC(=O)NC1CC1. The summed E-state index contributed by atoms with van der Waals surface area (Å²) in [5.41, 5.74) is 0.608. The molecule has 0 aliphatic heterocycles. The fourth-order valence-electron chi connectivity index (χ4n) is 1.90.